The van der Waals surface area contributed by atoms with Crippen molar-refractivity contribution in [2.75, 3.05) is 12.8 Å². The van der Waals surface area contributed by atoms with Crippen LogP contribution in [0.2, 0.25) is 0 Å². The maximum Gasteiger partial charge on any atom is 0.258 e. The van der Waals surface area contributed by atoms with Gasteiger partial charge in [-0.15, -0.1) is 0 Å². The fourth-order valence-corrected chi connectivity index (χ4v) is 1.73. The second kappa shape index (κ2) is 4.33. The number of aryl methyl sites for hydroxylation is 1. The van der Waals surface area contributed by atoms with Crippen molar-refractivity contribution >= 4 is 5.69 Å². The van der Waals surface area contributed by atoms with Gasteiger partial charge in [0.25, 0.3) is 5.56 Å². The van der Waals surface area contributed by atoms with Crippen LogP contribution in [0.3, 0.4) is 0 Å². The van der Waals surface area contributed by atoms with E-state index in [1.165, 1.54) is 4.57 Å². The Morgan fingerprint density at radius 3 is 2.71 bits per heavy atom. The zero-order valence-corrected chi connectivity index (χ0v) is 9.81. The molecule has 0 saturated carbocycles. The molecule has 2 aromatic rings. The normalized spacial score (nSPS) is 10.2. The number of nitrogens with zero attached hydrogens (tertiary/aromatic N) is 1. The molecule has 0 aliphatic carbocycles. The lowest BCUT2D eigenvalue weighted by atomic mass is 10.1. The maximum absolute atomic E-state index is 12.0. The summed E-state index contributed by atoms with van der Waals surface area (Å²) < 4.78 is 6.78. The number of benzene rings is 1. The predicted molar refractivity (Wildman–Crippen MR) is 68.1 cm³/mol. The van der Waals surface area contributed by atoms with Gasteiger partial charge < -0.3 is 15.0 Å². The molecule has 88 valence electrons. The zero-order chi connectivity index (χ0) is 12.4. The minimum atomic E-state index is -0.0597. The van der Waals surface area contributed by atoms with Crippen LogP contribution in [0.1, 0.15) is 0 Å². The molecule has 0 aliphatic heterocycles. The second-order valence-electron chi connectivity index (χ2n) is 3.80. The van der Waals surface area contributed by atoms with E-state index in [0.29, 0.717) is 17.0 Å². The van der Waals surface area contributed by atoms with Crippen molar-refractivity contribution in [2.45, 2.75) is 0 Å². The Morgan fingerprint density at radius 2 is 2.00 bits per heavy atom. The number of aromatic nitrogens is 1. The first-order valence-corrected chi connectivity index (χ1v) is 5.23. The van der Waals surface area contributed by atoms with Crippen molar-refractivity contribution in [3.05, 3.63) is 46.9 Å². The van der Waals surface area contributed by atoms with E-state index in [1.807, 2.05) is 6.07 Å². The van der Waals surface area contributed by atoms with E-state index in [0.717, 1.165) is 5.56 Å². The van der Waals surface area contributed by atoms with Crippen LogP contribution in [-0.2, 0) is 7.05 Å². The number of pyridine rings is 1. The lowest BCUT2D eigenvalue weighted by Crippen LogP contribution is -2.17. The molecule has 0 aliphatic rings. The summed E-state index contributed by atoms with van der Waals surface area (Å²) in [7, 11) is 3.28. The van der Waals surface area contributed by atoms with Crippen LogP contribution in [0.25, 0.3) is 11.1 Å². The molecular weight excluding hydrogens is 216 g/mol. The van der Waals surface area contributed by atoms with Gasteiger partial charge >= 0.3 is 0 Å². The molecule has 4 nitrogen and oxygen atoms in total. The van der Waals surface area contributed by atoms with Crippen LogP contribution in [0.15, 0.2) is 41.3 Å². The molecule has 1 aromatic heterocycles. The minimum absolute atomic E-state index is 0.0597. The third-order valence-corrected chi connectivity index (χ3v) is 2.64. The molecule has 4 heteroatoms. The molecule has 0 atom stereocenters. The number of hydrogen-bond donors (Lipinski definition) is 1. The molecular formula is C13H14N2O2. The predicted octanol–water partition coefficient (Wildman–Crippen LogP) is 1.64. The number of rotatable bonds is 2. The lowest BCUT2D eigenvalue weighted by Gasteiger charge is -2.09. The van der Waals surface area contributed by atoms with Gasteiger partial charge in [0.05, 0.1) is 12.7 Å². The van der Waals surface area contributed by atoms with E-state index in [1.54, 1.807) is 44.6 Å². The van der Waals surface area contributed by atoms with Gasteiger partial charge in [0.15, 0.2) is 0 Å². The van der Waals surface area contributed by atoms with Gasteiger partial charge in [-0.3, -0.25) is 4.79 Å². The average molecular weight is 230 g/mol. The van der Waals surface area contributed by atoms with Gasteiger partial charge in [-0.05, 0) is 24.3 Å². The van der Waals surface area contributed by atoms with Crippen LogP contribution < -0.4 is 16.0 Å². The molecule has 0 radical (unpaired) electrons. The van der Waals surface area contributed by atoms with Gasteiger partial charge in [0.2, 0.25) is 0 Å². The van der Waals surface area contributed by atoms with Crippen molar-refractivity contribution in [2.24, 2.45) is 7.05 Å². The van der Waals surface area contributed by atoms with Gasteiger partial charge in [-0.2, -0.15) is 0 Å². The van der Waals surface area contributed by atoms with Crippen molar-refractivity contribution in [3.8, 4) is 16.9 Å². The van der Waals surface area contributed by atoms with Gasteiger partial charge in [0, 0.05) is 30.6 Å². The molecule has 0 bridgehead atoms. The minimum Gasteiger partial charge on any atom is -0.496 e. The maximum atomic E-state index is 12.0. The number of anilines is 1. The second-order valence-corrected chi connectivity index (χ2v) is 3.80. The highest BCUT2D eigenvalue weighted by Crippen LogP contribution is 2.29. The Labute approximate surface area is 99.3 Å². The third kappa shape index (κ3) is 2.01. The highest BCUT2D eigenvalue weighted by molar-refractivity contribution is 5.72. The standard InChI is InChI=1S/C13H14N2O2/c1-15-7-3-4-11(13(15)16)10-6-5-9(14)8-12(10)17-2/h3-8H,14H2,1-2H3. The van der Waals surface area contributed by atoms with Crippen LogP contribution in [-0.4, -0.2) is 11.7 Å². The van der Waals surface area contributed by atoms with Crippen LogP contribution >= 0.6 is 0 Å². The molecule has 0 saturated heterocycles. The summed E-state index contributed by atoms with van der Waals surface area (Å²) in [4.78, 5) is 12.0. The smallest absolute Gasteiger partial charge is 0.258 e. The topological polar surface area (TPSA) is 57.2 Å². The van der Waals surface area contributed by atoms with Crippen molar-refractivity contribution in [1.29, 1.82) is 0 Å². The van der Waals surface area contributed by atoms with E-state index < -0.39 is 0 Å². The van der Waals surface area contributed by atoms with Crippen molar-refractivity contribution in [1.82, 2.24) is 4.57 Å². The Kier molecular flexibility index (Phi) is 2.87. The number of nitrogen functional groups attached to an aromatic ring is 1. The first kappa shape index (κ1) is 11.3. The Balaban J connectivity index is 2.68. The van der Waals surface area contributed by atoms with Crippen LogP contribution in [0.4, 0.5) is 5.69 Å². The fraction of sp³-hybridized carbons (Fsp3) is 0.154. The number of methoxy groups -OCH3 is 1. The number of ether oxygens (including phenoxy) is 1. The third-order valence-electron chi connectivity index (χ3n) is 2.64. The largest absolute Gasteiger partial charge is 0.496 e. The highest BCUT2D eigenvalue weighted by Gasteiger charge is 2.10. The molecule has 0 unspecified atom stereocenters. The fourth-order valence-electron chi connectivity index (χ4n) is 1.73. The van der Waals surface area contributed by atoms with Gasteiger partial charge in [-0.1, -0.05) is 0 Å². The molecule has 1 aromatic carbocycles. The summed E-state index contributed by atoms with van der Waals surface area (Å²) in [5.74, 6) is 0.605. The zero-order valence-electron chi connectivity index (χ0n) is 9.81. The monoisotopic (exact) mass is 230 g/mol. The average Bonchev–Trinajstić information content (AvgIpc) is 2.33. The summed E-state index contributed by atoms with van der Waals surface area (Å²) in [6.45, 7) is 0. The number of hydrogen-bond acceptors (Lipinski definition) is 3. The summed E-state index contributed by atoms with van der Waals surface area (Å²) in [5.41, 5.74) is 7.59. The van der Waals surface area contributed by atoms with Crippen LogP contribution in [0, 0.1) is 0 Å². The van der Waals surface area contributed by atoms with E-state index in [2.05, 4.69) is 0 Å². The molecule has 2 N–H and O–H groups in total. The summed E-state index contributed by atoms with van der Waals surface area (Å²) in [6.07, 6.45) is 1.72. The lowest BCUT2D eigenvalue weighted by molar-refractivity contribution is 0.416. The molecule has 0 spiro atoms. The highest BCUT2D eigenvalue weighted by atomic mass is 16.5. The molecule has 17 heavy (non-hydrogen) atoms. The Hall–Kier alpha value is -2.23. The van der Waals surface area contributed by atoms with Gasteiger partial charge in [-0.25, -0.2) is 0 Å². The molecule has 2 rings (SSSR count). The van der Waals surface area contributed by atoms with E-state index in [4.69, 9.17) is 10.5 Å². The first-order valence-electron chi connectivity index (χ1n) is 5.23. The van der Waals surface area contributed by atoms with E-state index in [9.17, 15) is 4.79 Å². The first-order chi connectivity index (χ1) is 8.13. The molecule has 0 fully saturated rings. The summed E-state index contributed by atoms with van der Waals surface area (Å²) in [6, 6.07) is 8.86. The van der Waals surface area contributed by atoms with Gasteiger partial charge in [0.1, 0.15) is 5.75 Å². The summed E-state index contributed by atoms with van der Waals surface area (Å²) >= 11 is 0. The van der Waals surface area contributed by atoms with Crippen LogP contribution in [0.5, 0.6) is 5.75 Å². The molecule has 0 amide bonds. The Morgan fingerprint density at radius 1 is 1.24 bits per heavy atom. The van der Waals surface area contributed by atoms with E-state index >= 15 is 0 Å². The molecule has 1 heterocycles. The SMILES string of the molecule is COc1cc(N)ccc1-c1cccn(C)c1=O. The summed E-state index contributed by atoms with van der Waals surface area (Å²) in [5, 5.41) is 0. The Bertz CT molecular complexity index is 603. The number of nitrogens with two attached hydrogens (primary N) is 1. The quantitative estimate of drug-likeness (QED) is 0.798. The van der Waals surface area contributed by atoms with Crippen molar-refractivity contribution in [3.63, 3.8) is 0 Å². The van der Waals surface area contributed by atoms with Crippen molar-refractivity contribution < 1.29 is 4.74 Å². The van der Waals surface area contributed by atoms with E-state index in [-0.39, 0.29) is 5.56 Å².